The molecule has 2 heterocycles. The topological polar surface area (TPSA) is 107 Å². The van der Waals surface area contributed by atoms with Gasteiger partial charge in [-0.05, 0) is 36.4 Å². The number of nitrogens with one attached hydrogen (secondary N) is 2. The zero-order valence-corrected chi connectivity index (χ0v) is 15.4. The Bertz CT molecular complexity index is 870. The van der Waals surface area contributed by atoms with E-state index < -0.39 is 5.91 Å². The maximum Gasteiger partial charge on any atom is 0.274 e. The Labute approximate surface area is 163 Å². The predicted molar refractivity (Wildman–Crippen MR) is 103 cm³/mol. The number of amides is 2. The van der Waals surface area contributed by atoms with Gasteiger partial charge in [0.25, 0.3) is 11.8 Å². The molecule has 2 aromatic rings. The van der Waals surface area contributed by atoms with Gasteiger partial charge in [-0.1, -0.05) is 0 Å². The molecule has 1 aromatic carbocycles. The van der Waals surface area contributed by atoms with E-state index in [2.05, 4.69) is 20.5 Å². The van der Waals surface area contributed by atoms with Crippen LogP contribution >= 0.6 is 0 Å². The molecule has 0 spiro atoms. The Hall–Kier alpha value is -3.28. The van der Waals surface area contributed by atoms with Crippen molar-refractivity contribution in [3.8, 4) is 6.07 Å². The minimum absolute atomic E-state index is 0.144. The minimum atomic E-state index is -0.423. The molecule has 0 aliphatic carbocycles. The largest absolute Gasteiger partial charge is 0.379 e. The van der Waals surface area contributed by atoms with Crippen molar-refractivity contribution < 1.29 is 14.3 Å². The maximum absolute atomic E-state index is 12.4. The molecule has 1 aromatic heterocycles. The number of anilines is 1. The molecule has 0 bridgehead atoms. The summed E-state index contributed by atoms with van der Waals surface area (Å²) >= 11 is 0. The lowest BCUT2D eigenvalue weighted by Gasteiger charge is -2.26. The quantitative estimate of drug-likeness (QED) is 0.783. The summed E-state index contributed by atoms with van der Waals surface area (Å²) in [6.45, 7) is 4.45. The molecule has 1 fully saturated rings. The molecule has 1 aliphatic heterocycles. The van der Waals surface area contributed by atoms with Crippen LogP contribution in [0.2, 0.25) is 0 Å². The third-order valence-corrected chi connectivity index (χ3v) is 4.34. The van der Waals surface area contributed by atoms with E-state index in [1.54, 1.807) is 30.3 Å². The van der Waals surface area contributed by atoms with Crippen LogP contribution in [-0.4, -0.2) is 61.1 Å². The van der Waals surface area contributed by atoms with E-state index in [1.807, 2.05) is 6.07 Å². The number of hydrogen-bond donors (Lipinski definition) is 2. The average Bonchev–Trinajstić information content (AvgIpc) is 2.75. The summed E-state index contributed by atoms with van der Waals surface area (Å²) in [5.74, 6) is -0.671. The molecule has 1 saturated heterocycles. The fourth-order valence-electron chi connectivity index (χ4n) is 2.77. The van der Waals surface area contributed by atoms with E-state index in [-0.39, 0.29) is 11.6 Å². The van der Waals surface area contributed by atoms with Gasteiger partial charge in [0.15, 0.2) is 0 Å². The third-order valence-electron chi connectivity index (χ3n) is 4.34. The zero-order chi connectivity index (χ0) is 19.8. The van der Waals surface area contributed by atoms with Crippen LogP contribution in [0.15, 0.2) is 42.6 Å². The number of aromatic nitrogens is 1. The van der Waals surface area contributed by atoms with E-state index in [4.69, 9.17) is 10.00 Å². The first kappa shape index (κ1) is 19.5. The molecular weight excluding hydrogens is 358 g/mol. The number of carbonyl (C=O) groups is 2. The fraction of sp³-hybridized carbons (Fsp3) is 0.300. The highest BCUT2D eigenvalue weighted by molar-refractivity contribution is 6.04. The zero-order valence-electron chi connectivity index (χ0n) is 15.4. The fourth-order valence-corrected chi connectivity index (χ4v) is 2.77. The van der Waals surface area contributed by atoms with Gasteiger partial charge < -0.3 is 15.4 Å². The van der Waals surface area contributed by atoms with E-state index in [1.165, 1.54) is 12.3 Å². The van der Waals surface area contributed by atoms with Crippen LogP contribution in [-0.2, 0) is 4.74 Å². The van der Waals surface area contributed by atoms with Crippen LogP contribution in [0.4, 0.5) is 5.69 Å². The third kappa shape index (κ3) is 5.36. The van der Waals surface area contributed by atoms with Gasteiger partial charge in [0.1, 0.15) is 5.69 Å². The summed E-state index contributed by atoms with van der Waals surface area (Å²) in [6, 6.07) is 11.6. The molecule has 28 heavy (non-hydrogen) atoms. The first-order valence-corrected chi connectivity index (χ1v) is 9.01. The summed E-state index contributed by atoms with van der Waals surface area (Å²) < 4.78 is 5.30. The summed E-state index contributed by atoms with van der Waals surface area (Å²) in [5, 5.41) is 14.4. The lowest BCUT2D eigenvalue weighted by Crippen LogP contribution is -2.41. The highest BCUT2D eigenvalue weighted by Crippen LogP contribution is 2.11. The molecule has 8 nitrogen and oxygen atoms in total. The minimum Gasteiger partial charge on any atom is -0.379 e. The highest BCUT2D eigenvalue weighted by atomic mass is 16.5. The van der Waals surface area contributed by atoms with Gasteiger partial charge in [-0.25, -0.2) is 0 Å². The first-order valence-electron chi connectivity index (χ1n) is 9.01. The number of rotatable bonds is 6. The molecule has 0 unspecified atom stereocenters. The van der Waals surface area contributed by atoms with Crippen LogP contribution in [0.25, 0.3) is 0 Å². The molecule has 0 saturated carbocycles. The molecular formula is C20H21N5O3. The Balaban J connectivity index is 1.55. The predicted octanol–water partition coefficient (Wildman–Crippen LogP) is 1.27. The lowest BCUT2D eigenvalue weighted by atomic mass is 10.2. The van der Waals surface area contributed by atoms with Crippen LogP contribution in [0.3, 0.4) is 0 Å². The summed E-state index contributed by atoms with van der Waals surface area (Å²) in [7, 11) is 0. The van der Waals surface area contributed by atoms with E-state index in [9.17, 15) is 9.59 Å². The Morgan fingerprint density at radius 3 is 2.61 bits per heavy atom. The van der Waals surface area contributed by atoms with Crippen molar-refractivity contribution in [1.82, 2.24) is 15.2 Å². The van der Waals surface area contributed by atoms with Crippen LogP contribution in [0, 0.1) is 11.3 Å². The van der Waals surface area contributed by atoms with Crippen LogP contribution < -0.4 is 10.6 Å². The van der Waals surface area contributed by atoms with Crippen molar-refractivity contribution in [2.24, 2.45) is 0 Å². The molecule has 8 heteroatoms. The lowest BCUT2D eigenvalue weighted by molar-refractivity contribution is 0.0383. The second-order valence-corrected chi connectivity index (χ2v) is 6.28. The second kappa shape index (κ2) is 9.60. The van der Waals surface area contributed by atoms with Gasteiger partial charge in [0.2, 0.25) is 0 Å². The smallest absolute Gasteiger partial charge is 0.274 e. The van der Waals surface area contributed by atoms with Crippen LogP contribution in [0.5, 0.6) is 0 Å². The van der Waals surface area contributed by atoms with Crippen molar-refractivity contribution in [2.45, 2.75) is 0 Å². The first-order chi connectivity index (χ1) is 13.7. The Morgan fingerprint density at radius 2 is 1.89 bits per heavy atom. The molecule has 2 N–H and O–H groups in total. The highest BCUT2D eigenvalue weighted by Gasteiger charge is 2.13. The summed E-state index contributed by atoms with van der Waals surface area (Å²) in [5.41, 5.74) is 1.57. The van der Waals surface area contributed by atoms with Gasteiger partial charge in [-0.15, -0.1) is 0 Å². The monoisotopic (exact) mass is 379 g/mol. The van der Waals surface area contributed by atoms with Gasteiger partial charge in [-0.2, -0.15) is 5.26 Å². The summed E-state index contributed by atoms with van der Waals surface area (Å²) in [6.07, 6.45) is 1.44. The number of morpholine rings is 1. The van der Waals surface area contributed by atoms with E-state index in [0.29, 0.717) is 23.4 Å². The van der Waals surface area contributed by atoms with Gasteiger partial charge in [-0.3, -0.25) is 19.5 Å². The average molecular weight is 379 g/mol. The molecule has 0 radical (unpaired) electrons. The van der Waals surface area contributed by atoms with Crippen molar-refractivity contribution in [3.63, 3.8) is 0 Å². The van der Waals surface area contributed by atoms with Crippen LogP contribution in [0.1, 0.15) is 26.4 Å². The molecule has 144 valence electrons. The normalized spacial score (nSPS) is 14.1. The van der Waals surface area contributed by atoms with Gasteiger partial charge in [0.05, 0.1) is 24.8 Å². The number of nitrogens with zero attached hydrogens (tertiary/aromatic N) is 3. The molecule has 2 amide bonds. The maximum atomic E-state index is 12.4. The SMILES string of the molecule is N#Cc1ccc(NC(=O)c2cc(C(=O)NCCN3CCOCC3)ccn2)cc1. The number of benzene rings is 1. The van der Waals surface area contributed by atoms with Crippen molar-refractivity contribution in [2.75, 3.05) is 44.7 Å². The van der Waals surface area contributed by atoms with Crippen molar-refractivity contribution in [3.05, 3.63) is 59.4 Å². The summed E-state index contributed by atoms with van der Waals surface area (Å²) in [4.78, 5) is 31.0. The van der Waals surface area contributed by atoms with Crippen molar-refractivity contribution >= 4 is 17.5 Å². The Kier molecular flexibility index (Phi) is 6.68. The van der Waals surface area contributed by atoms with Crippen molar-refractivity contribution in [1.29, 1.82) is 5.26 Å². The number of hydrogen-bond acceptors (Lipinski definition) is 6. The number of nitriles is 1. The Morgan fingerprint density at radius 1 is 1.14 bits per heavy atom. The molecule has 0 atom stereocenters. The number of ether oxygens (including phenoxy) is 1. The van der Waals surface area contributed by atoms with Gasteiger partial charge >= 0.3 is 0 Å². The van der Waals surface area contributed by atoms with E-state index >= 15 is 0 Å². The molecule has 1 aliphatic rings. The second-order valence-electron chi connectivity index (χ2n) is 6.28. The molecule has 3 rings (SSSR count). The van der Waals surface area contributed by atoms with Gasteiger partial charge in [0, 0.05) is 43.6 Å². The number of carbonyl (C=O) groups excluding carboxylic acids is 2. The standard InChI is InChI=1S/C20H21N5O3/c21-14-15-1-3-17(4-2-15)24-20(27)18-13-16(5-6-22-18)19(26)23-7-8-25-9-11-28-12-10-25/h1-6,13H,7-12H2,(H,23,26)(H,24,27). The van der Waals surface area contributed by atoms with E-state index in [0.717, 1.165) is 32.8 Å². The number of pyridine rings is 1.